The van der Waals surface area contributed by atoms with Crippen LogP contribution >= 0.6 is 0 Å². The van der Waals surface area contributed by atoms with Crippen LogP contribution < -0.4 is 0 Å². The van der Waals surface area contributed by atoms with E-state index in [1.54, 1.807) is 0 Å². The molecule has 0 unspecified atom stereocenters. The minimum Gasteiger partial charge on any atom is -0.463 e. The molecule has 0 amide bonds. The standard InChI is InChI=1S/C6H5FN2O2/c1-11-6(10)5-8-2-4(7)3-9-5/h2-3H,1H3. The van der Waals surface area contributed by atoms with E-state index >= 15 is 0 Å². The molecule has 1 aromatic rings. The number of hydrogen-bond donors (Lipinski definition) is 0. The van der Waals surface area contributed by atoms with Crippen molar-refractivity contribution in [3.63, 3.8) is 0 Å². The van der Waals surface area contributed by atoms with Crippen LogP contribution in [0.15, 0.2) is 12.4 Å². The van der Waals surface area contributed by atoms with Crippen molar-refractivity contribution in [2.45, 2.75) is 0 Å². The molecule has 4 nitrogen and oxygen atoms in total. The van der Waals surface area contributed by atoms with Gasteiger partial charge in [-0.15, -0.1) is 0 Å². The third-order valence-corrected chi connectivity index (χ3v) is 0.988. The van der Waals surface area contributed by atoms with Gasteiger partial charge >= 0.3 is 5.97 Å². The number of halogens is 1. The largest absolute Gasteiger partial charge is 0.463 e. The van der Waals surface area contributed by atoms with Crippen LogP contribution in [0.25, 0.3) is 0 Å². The van der Waals surface area contributed by atoms with Gasteiger partial charge < -0.3 is 4.74 Å². The molecule has 1 aromatic heterocycles. The number of carbonyl (C=O) groups is 1. The maximum Gasteiger partial charge on any atom is 0.376 e. The van der Waals surface area contributed by atoms with Crippen LogP contribution in [0.4, 0.5) is 4.39 Å². The van der Waals surface area contributed by atoms with Crippen molar-refractivity contribution in [2.75, 3.05) is 7.11 Å². The Morgan fingerprint density at radius 3 is 2.55 bits per heavy atom. The van der Waals surface area contributed by atoms with E-state index in [0.717, 1.165) is 12.4 Å². The van der Waals surface area contributed by atoms with Gasteiger partial charge in [0.05, 0.1) is 19.5 Å². The number of esters is 1. The normalized spacial score (nSPS) is 9.27. The van der Waals surface area contributed by atoms with Crippen LogP contribution in [-0.2, 0) is 4.74 Å². The van der Waals surface area contributed by atoms with Crippen LogP contribution in [-0.4, -0.2) is 23.0 Å². The van der Waals surface area contributed by atoms with E-state index in [9.17, 15) is 9.18 Å². The van der Waals surface area contributed by atoms with Crippen LogP contribution in [0.3, 0.4) is 0 Å². The molecule has 58 valence electrons. The lowest BCUT2D eigenvalue weighted by Crippen LogP contribution is -2.06. The van der Waals surface area contributed by atoms with Gasteiger partial charge in [0, 0.05) is 0 Å². The summed E-state index contributed by atoms with van der Waals surface area (Å²) in [5, 5.41) is 0. The van der Waals surface area contributed by atoms with Crippen LogP contribution in [0, 0.1) is 5.82 Å². The fourth-order valence-electron chi connectivity index (χ4n) is 0.509. The Hall–Kier alpha value is -1.52. The zero-order valence-electron chi connectivity index (χ0n) is 5.74. The maximum atomic E-state index is 12.2. The van der Waals surface area contributed by atoms with Crippen molar-refractivity contribution in [1.29, 1.82) is 0 Å². The van der Waals surface area contributed by atoms with Gasteiger partial charge in [-0.1, -0.05) is 0 Å². The first kappa shape index (κ1) is 7.59. The maximum absolute atomic E-state index is 12.2. The fraction of sp³-hybridized carbons (Fsp3) is 0.167. The lowest BCUT2D eigenvalue weighted by Gasteiger charge is -1.94. The van der Waals surface area contributed by atoms with Crippen LogP contribution in [0.5, 0.6) is 0 Å². The van der Waals surface area contributed by atoms with Gasteiger partial charge in [0.2, 0.25) is 5.82 Å². The molecule has 0 radical (unpaired) electrons. The SMILES string of the molecule is COC(=O)c1ncc(F)cn1. The fourth-order valence-corrected chi connectivity index (χ4v) is 0.509. The average Bonchev–Trinajstić information content (AvgIpc) is 2.05. The molecule has 0 bridgehead atoms. The Morgan fingerprint density at radius 1 is 1.55 bits per heavy atom. The van der Waals surface area contributed by atoms with Crippen molar-refractivity contribution < 1.29 is 13.9 Å². The van der Waals surface area contributed by atoms with E-state index in [1.807, 2.05) is 0 Å². The smallest absolute Gasteiger partial charge is 0.376 e. The summed E-state index contributed by atoms with van der Waals surface area (Å²) < 4.78 is 16.5. The third-order valence-electron chi connectivity index (χ3n) is 0.988. The van der Waals surface area contributed by atoms with Gasteiger partial charge in [0.25, 0.3) is 0 Å². The highest BCUT2D eigenvalue weighted by Gasteiger charge is 2.07. The Balaban J connectivity index is 2.90. The summed E-state index contributed by atoms with van der Waals surface area (Å²) >= 11 is 0. The van der Waals surface area contributed by atoms with Crippen molar-refractivity contribution >= 4 is 5.97 Å². The summed E-state index contributed by atoms with van der Waals surface area (Å²) in [4.78, 5) is 17.4. The first-order chi connectivity index (χ1) is 5.24. The predicted molar refractivity (Wildman–Crippen MR) is 33.3 cm³/mol. The molecule has 0 saturated heterocycles. The number of ether oxygens (including phenoxy) is 1. The number of nitrogens with zero attached hydrogens (tertiary/aromatic N) is 2. The molecule has 0 N–H and O–H groups in total. The zero-order valence-corrected chi connectivity index (χ0v) is 5.74. The van der Waals surface area contributed by atoms with Crippen LogP contribution in [0.2, 0.25) is 0 Å². The Kier molecular flexibility index (Phi) is 2.10. The number of rotatable bonds is 1. The molecule has 0 spiro atoms. The Morgan fingerprint density at radius 2 is 2.09 bits per heavy atom. The summed E-state index contributed by atoms with van der Waals surface area (Å²) in [6, 6.07) is 0. The van der Waals surface area contributed by atoms with Gasteiger partial charge in [-0.25, -0.2) is 19.2 Å². The summed E-state index contributed by atoms with van der Waals surface area (Å²) in [5.74, 6) is -1.41. The van der Waals surface area contributed by atoms with Crippen molar-refractivity contribution in [2.24, 2.45) is 0 Å². The second kappa shape index (κ2) is 3.05. The summed E-state index contributed by atoms with van der Waals surface area (Å²) in [6.45, 7) is 0. The van der Waals surface area contributed by atoms with Gasteiger partial charge in [0.15, 0.2) is 5.82 Å². The lowest BCUT2D eigenvalue weighted by molar-refractivity contribution is 0.0586. The molecular formula is C6H5FN2O2. The lowest BCUT2D eigenvalue weighted by atomic mass is 10.5. The third kappa shape index (κ3) is 1.70. The predicted octanol–water partition coefficient (Wildman–Crippen LogP) is 0.402. The Labute approximate surface area is 62.0 Å². The van der Waals surface area contributed by atoms with Crippen molar-refractivity contribution in [1.82, 2.24) is 9.97 Å². The van der Waals surface area contributed by atoms with Gasteiger partial charge in [-0.2, -0.15) is 0 Å². The molecule has 1 rings (SSSR count). The average molecular weight is 156 g/mol. The van der Waals surface area contributed by atoms with Gasteiger partial charge in [0.1, 0.15) is 0 Å². The second-order valence-corrected chi connectivity index (χ2v) is 1.72. The van der Waals surface area contributed by atoms with E-state index in [2.05, 4.69) is 14.7 Å². The summed E-state index contributed by atoms with van der Waals surface area (Å²) in [5.41, 5.74) is 0. The highest BCUT2D eigenvalue weighted by Crippen LogP contribution is 1.93. The van der Waals surface area contributed by atoms with E-state index in [1.165, 1.54) is 7.11 Å². The van der Waals surface area contributed by atoms with E-state index in [-0.39, 0.29) is 5.82 Å². The topological polar surface area (TPSA) is 52.1 Å². The quantitative estimate of drug-likeness (QED) is 0.552. The second-order valence-electron chi connectivity index (χ2n) is 1.72. The minimum absolute atomic E-state index is 0.145. The zero-order chi connectivity index (χ0) is 8.27. The molecule has 0 aliphatic heterocycles. The molecular weight excluding hydrogens is 151 g/mol. The molecule has 0 aliphatic carbocycles. The molecule has 5 heteroatoms. The Bertz CT molecular complexity index is 260. The number of methoxy groups -OCH3 is 1. The van der Waals surface area contributed by atoms with Crippen molar-refractivity contribution in [3.8, 4) is 0 Å². The van der Waals surface area contributed by atoms with Gasteiger partial charge in [-0.3, -0.25) is 0 Å². The molecule has 0 atom stereocenters. The van der Waals surface area contributed by atoms with E-state index < -0.39 is 11.8 Å². The highest BCUT2D eigenvalue weighted by molar-refractivity contribution is 5.84. The summed E-state index contributed by atoms with van der Waals surface area (Å²) in [6.07, 6.45) is 1.80. The minimum atomic E-state index is -0.676. The van der Waals surface area contributed by atoms with Gasteiger partial charge in [-0.05, 0) is 0 Å². The van der Waals surface area contributed by atoms with Crippen LogP contribution in [0.1, 0.15) is 10.6 Å². The van der Waals surface area contributed by atoms with Crippen molar-refractivity contribution in [3.05, 3.63) is 24.0 Å². The summed E-state index contributed by atoms with van der Waals surface area (Å²) in [7, 11) is 1.20. The molecule has 0 fully saturated rings. The number of hydrogen-bond acceptors (Lipinski definition) is 4. The molecule has 11 heavy (non-hydrogen) atoms. The van der Waals surface area contributed by atoms with E-state index in [0.29, 0.717) is 0 Å². The monoisotopic (exact) mass is 156 g/mol. The molecule has 1 heterocycles. The number of aromatic nitrogens is 2. The van der Waals surface area contributed by atoms with E-state index in [4.69, 9.17) is 0 Å². The molecule has 0 aromatic carbocycles. The number of carbonyl (C=O) groups excluding carboxylic acids is 1. The molecule has 0 saturated carbocycles. The first-order valence-corrected chi connectivity index (χ1v) is 2.80. The first-order valence-electron chi connectivity index (χ1n) is 2.80. The highest BCUT2D eigenvalue weighted by atomic mass is 19.1. The molecule has 0 aliphatic rings.